The van der Waals surface area contributed by atoms with Gasteiger partial charge in [-0.3, -0.25) is 4.79 Å². The topological polar surface area (TPSA) is 52.6 Å². The number of carbonyl (C=O) groups is 1. The van der Waals surface area contributed by atoms with E-state index in [-0.39, 0.29) is 11.7 Å². The summed E-state index contributed by atoms with van der Waals surface area (Å²) in [6.45, 7) is 3.54. The summed E-state index contributed by atoms with van der Waals surface area (Å²) in [6.07, 6.45) is 2.04. The summed E-state index contributed by atoms with van der Waals surface area (Å²) >= 11 is 0. The average Bonchev–Trinajstić information content (AvgIpc) is 2.27. The van der Waals surface area contributed by atoms with Gasteiger partial charge < -0.3 is 15.3 Å². The Morgan fingerprint density at radius 2 is 2.06 bits per heavy atom. The van der Waals surface area contributed by atoms with Crippen LogP contribution in [0.2, 0.25) is 0 Å². The van der Waals surface area contributed by atoms with Crippen molar-refractivity contribution in [2.45, 2.75) is 19.8 Å². The van der Waals surface area contributed by atoms with E-state index >= 15 is 0 Å². The van der Waals surface area contributed by atoms with Crippen molar-refractivity contribution in [1.29, 1.82) is 0 Å². The summed E-state index contributed by atoms with van der Waals surface area (Å²) in [6, 6.07) is 4.79. The van der Waals surface area contributed by atoms with E-state index in [4.69, 9.17) is 0 Å². The molecule has 0 atom stereocenters. The highest BCUT2D eigenvalue weighted by Gasteiger charge is 2.08. The summed E-state index contributed by atoms with van der Waals surface area (Å²) in [4.78, 5) is 14.0. The summed E-state index contributed by atoms with van der Waals surface area (Å²) in [5.41, 5.74) is 1.42. The molecule has 1 rings (SSSR count). The largest absolute Gasteiger partial charge is 0.508 e. The number of nitrogens with one attached hydrogen (secondary N) is 1. The van der Waals surface area contributed by atoms with E-state index in [0.717, 1.165) is 24.9 Å². The second-order valence-corrected chi connectivity index (χ2v) is 4.77. The van der Waals surface area contributed by atoms with Gasteiger partial charge in [0.05, 0.1) is 0 Å². The molecule has 0 radical (unpaired) electrons. The second kappa shape index (κ2) is 7.01. The number of unbranched alkanes of at least 4 members (excludes halogenated alkanes) is 1. The zero-order chi connectivity index (χ0) is 13.5. The normalized spacial score (nSPS) is 10.7. The number of benzene rings is 1. The minimum absolute atomic E-state index is 0.0719. The Morgan fingerprint density at radius 1 is 1.33 bits per heavy atom. The number of hydrogen-bond acceptors (Lipinski definition) is 3. The van der Waals surface area contributed by atoms with Gasteiger partial charge in [0.1, 0.15) is 5.75 Å². The molecule has 0 unspecified atom stereocenters. The lowest BCUT2D eigenvalue weighted by molar-refractivity contribution is 0.0952. The van der Waals surface area contributed by atoms with Crippen LogP contribution < -0.4 is 5.32 Å². The minimum atomic E-state index is -0.0719. The molecular weight excluding hydrogens is 228 g/mol. The van der Waals surface area contributed by atoms with Crippen molar-refractivity contribution in [3.8, 4) is 5.75 Å². The third-order valence-corrected chi connectivity index (χ3v) is 2.77. The number of rotatable bonds is 6. The van der Waals surface area contributed by atoms with Crippen LogP contribution in [-0.2, 0) is 0 Å². The molecule has 18 heavy (non-hydrogen) atoms. The Balaban J connectivity index is 2.36. The maximum absolute atomic E-state index is 11.9. The first kappa shape index (κ1) is 14.5. The van der Waals surface area contributed by atoms with Gasteiger partial charge in [0.15, 0.2) is 0 Å². The van der Waals surface area contributed by atoms with E-state index in [1.54, 1.807) is 12.1 Å². The maximum atomic E-state index is 11.9. The predicted molar refractivity (Wildman–Crippen MR) is 73.0 cm³/mol. The van der Waals surface area contributed by atoms with Gasteiger partial charge in [0.25, 0.3) is 5.91 Å². The molecule has 0 fully saturated rings. The smallest absolute Gasteiger partial charge is 0.251 e. The molecule has 1 amide bonds. The van der Waals surface area contributed by atoms with E-state index in [1.807, 2.05) is 21.0 Å². The highest BCUT2D eigenvalue weighted by molar-refractivity contribution is 5.95. The number of amides is 1. The summed E-state index contributed by atoms with van der Waals surface area (Å²) < 4.78 is 0. The molecule has 0 aliphatic rings. The Hall–Kier alpha value is -1.55. The molecule has 0 bridgehead atoms. The van der Waals surface area contributed by atoms with Crippen LogP contribution in [-0.4, -0.2) is 43.1 Å². The zero-order valence-electron chi connectivity index (χ0n) is 11.4. The molecule has 1 aromatic carbocycles. The quantitative estimate of drug-likeness (QED) is 0.757. The predicted octanol–water partition coefficient (Wildman–Crippen LogP) is 1.77. The van der Waals surface area contributed by atoms with Crippen molar-refractivity contribution in [2.24, 2.45) is 0 Å². The van der Waals surface area contributed by atoms with Crippen molar-refractivity contribution in [1.82, 2.24) is 10.2 Å². The minimum Gasteiger partial charge on any atom is -0.508 e. The first-order valence-corrected chi connectivity index (χ1v) is 6.23. The van der Waals surface area contributed by atoms with Crippen LogP contribution in [0.1, 0.15) is 28.8 Å². The summed E-state index contributed by atoms with van der Waals surface area (Å²) in [5.74, 6) is 0.118. The molecule has 100 valence electrons. The zero-order valence-corrected chi connectivity index (χ0v) is 11.4. The summed E-state index contributed by atoms with van der Waals surface area (Å²) in [5, 5.41) is 12.2. The number of carbonyl (C=O) groups excluding carboxylic acids is 1. The van der Waals surface area contributed by atoms with Crippen LogP contribution in [0.25, 0.3) is 0 Å². The number of hydrogen-bond donors (Lipinski definition) is 2. The van der Waals surface area contributed by atoms with E-state index in [9.17, 15) is 9.90 Å². The SMILES string of the molecule is Cc1cc(O)ccc1C(=O)NCCCCN(C)C. The third-order valence-electron chi connectivity index (χ3n) is 2.77. The molecule has 0 aliphatic heterocycles. The average molecular weight is 250 g/mol. The molecule has 0 aromatic heterocycles. The molecule has 4 nitrogen and oxygen atoms in total. The van der Waals surface area contributed by atoms with Crippen LogP contribution in [0.15, 0.2) is 18.2 Å². The number of phenols is 1. The Kier molecular flexibility index (Phi) is 5.65. The fourth-order valence-corrected chi connectivity index (χ4v) is 1.75. The van der Waals surface area contributed by atoms with Gasteiger partial charge in [-0.2, -0.15) is 0 Å². The second-order valence-electron chi connectivity index (χ2n) is 4.77. The fraction of sp³-hybridized carbons (Fsp3) is 0.500. The van der Waals surface area contributed by atoms with Crippen molar-refractivity contribution in [3.05, 3.63) is 29.3 Å². The monoisotopic (exact) mass is 250 g/mol. The molecule has 0 saturated carbocycles. The Labute approximate surface area is 109 Å². The van der Waals surface area contributed by atoms with Gasteiger partial charge in [0.2, 0.25) is 0 Å². The van der Waals surface area contributed by atoms with Crippen LogP contribution in [0, 0.1) is 6.92 Å². The Bertz CT molecular complexity index is 403. The van der Waals surface area contributed by atoms with Crippen molar-refractivity contribution in [3.63, 3.8) is 0 Å². The van der Waals surface area contributed by atoms with Crippen LogP contribution >= 0.6 is 0 Å². The summed E-state index contributed by atoms with van der Waals surface area (Å²) in [7, 11) is 4.08. The van der Waals surface area contributed by atoms with Crippen molar-refractivity contribution >= 4 is 5.91 Å². The van der Waals surface area contributed by atoms with Crippen molar-refractivity contribution < 1.29 is 9.90 Å². The fourth-order valence-electron chi connectivity index (χ4n) is 1.75. The number of aromatic hydroxyl groups is 1. The van der Waals surface area contributed by atoms with Crippen LogP contribution in [0.3, 0.4) is 0 Å². The first-order valence-electron chi connectivity index (χ1n) is 6.23. The van der Waals surface area contributed by atoms with E-state index < -0.39 is 0 Å². The molecule has 0 aliphatic carbocycles. The molecular formula is C14H22N2O2. The number of aryl methyl sites for hydroxylation is 1. The number of nitrogens with zero attached hydrogens (tertiary/aromatic N) is 1. The standard InChI is InChI=1S/C14H22N2O2/c1-11-10-12(17)6-7-13(11)14(18)15-8-4-5-9-16(2)3/h6-7,10,17H,4-5,8-9H2,1-3H3,(H,15,18). The van der Waals surface area contributed by atoms with Gasteiger partial charge in [-0.25, -0.2) is 0 Å². The molecule has 1 aromatic rings. The van der Waals surface area contributed by atoms with Gasteiger partial charge in [0, 0.05) is 12.1 Å². The lowest BCUT2D eigenvalue weighted by Gasteiger charge is -2.10. The first-order chi connectivity index (χ1) is 8.50. The van der Waals surface area contributed by atoms with Gasteiger partial charge in [-0.15, -0.1) is 0 Å². The van der Waals surface area contributed by atoms with E-state index in [1.165, 1.54) is 6.07 Å². The van der Waals surface area contributed by atoms with E-state index in [0.29, 0.717) is 12.1 Å². The van der Waals surface area contributed by atoms with Gasteiger partial charge >= 0.3 is 0 Å². The highest BCUT2D eigenvalue weighted by Crippen LogP contribution is 2.15. The molecule has 0 saturated heterocycles. The highest BCUT2D eigenvalue weighted by atomic mass is 16.3. The molecule has 0 heterocycles. The third kappa shape index (κ3) is 4.75. The lowest BCUT2D eigenvalue weighted by atomic mass is 10.1. The Morgan fingerprint density at radius 3 is 2.67 bits per heavy atom. The van der Waals surface area contributed by atoms with Gasteiger partial charge in [-0.1, -0.05) is 0 Å². The maximum Gasteiger partial charge on any atom is 0.251 e. The van der Waals surface area contributed by atoms with Crippen LogP contribution in [0.5, 0.6) is 5.75 Å². The van der Waals surface area contributed by atoms with Crippen LogP contribution in [0.4, 0.5) is 0 Å². The molecule has 2 N–H and O–H groups in total. The molecule has 0 spiro atoms. The van der Waals surface area contributed by atoms with Gasteiger partial charge in [-0.05, 0) is 64.2 Å². The molecule has 4 heteroatoms. The lowest BCUT2D eigenvalue weighted by Crippen LogP contribution is -2.25. The van der Waals surface area contributed by atoms with Crippen molar-refractivity contribution in [2.75, 3.05) is 27.2 Å². The van der Waals surface area contributed by atoms with E-state index in [2.05, 4.69) is 10.2 Å². The number of phenolic OH excluding ortho intramolecular Hbond substituents is 1.